The fourth-order valence-electron chi connectivity index (χ4n) is 3.25. The zero-order valence-electron chi connectivity index (χ0n) is 14.0. The quantitative estimate of drug-likeness (QED) is 0.912. The maximum absolute atomic E-state index is 12.8. The molecule has 1 saturated heterocycles. The lowest BCUT2D eigenvalue weighted by atomic mass is 9.95. The Labute approximate surface area is 145 Å². The van der Waals surface area contributed by atoms with Crippen molar-refractivity contribution in [3.05, 3.63) is 44.1 Å². The normalized spacial score (nSPS) is 18.6. The number of rotatable bonds is 4. The topological polar surface area (TPSA) is 67.3 Å². The first-order chi connectivity index (χ1) is 11.4. The fourth-order valence-corrected chi connectivity index (χ4v) is 3.42. The van der Waals surface area contributed by atoms with Crippen molar-refractivity contribution in [1.29, 1.82) is 0 Å². The van der Waals surface area contributed by atoms with Gasteiger partial charge in [0.15, 0.2) is 0 Å². The van der Waals surface area contributed by atoms with Crippen LogP contribution >= 0.6 is 11.6 Å². The molecule has 3 rings (SSSR count). The van der Waals surface area contributed by atoms with Gasteiger partial charge in [-0.2, -0.15) is 0 Å². The van der Waals surface area contributed by atoms with Crippen LogP contribution < -0.4 is 11.2 Å². The number of hydrogen-bond acceptors (Lipinski definition) is 4. The number of H-pyrrole nitrogens is 1. The molecule has 0 radical (unpaired) electrons. The summed E-state index contributed by atoms with van der Waals surface area (Å²) >= 11 is 5.94. The highest BCUT2D eigenvalue weighted by Crippen LogP contribution is 2.22. The number of nitrogens with zero attached hydrogens (tertiary/aromatic N) is 2. The van der Waals surface area contributed by atoms with E-state index in [1.165, 1.54) is 4.57 Å². The monoisotopic (exact) mass is 351 g/mol. The lowest BCUT2D eigenvalue weighted by molar-refractivity contribution is -0.0247. The standard InChI is InChI=1S/C17H22ClN3O3/c1-3-17(2,20-6-8-24-9-7-20)11-21-15(22)13-5-4-12(18)10-14(13)19-16(21)23/h4-5,10H,3,6-9,11H2,1-2H3,(H,19,23). The van der Waals surface area contributed by atoms with Gasteiger partial charge in [-0.3, -0.25) is 14.3 Å². The molecule has 0 saturated carbocycles. The molecule has 130 valence electrons. The number of morpholine rings is 1. The van der Waals surface area contributed by atoms with Crippen LogP contribution in [0.4, 0.5) is 0 Å². The van der Waals surface area contributed by atoms with E-state index >= 15 is 0 Å². The van der Waals surface area contributed by atoms with E-state index in [0.717, 1.165) is 19.5 Å². The van der Waals surface area contributed by atoms with Gasteiger partial charge < -0.3 is 9.72 Å². The van der Waals surface area contributed by atoms with Crippen LogP contribution in [0.3, 0.4) is 0 Å². The number of aromatic amines is 1. The molecule has 6 nitrogen and oxygen atoms in total. The lowest BCUT2D eigenvalue weighted by Gasteiger charge is -2.43. The van der Waals surface area contributed by atoms with E-state index in [1.807, 2.05) is 0 Å². The van der Waals surface area contributed by atoms with Crippen LogP contribution in [0.2, 0.25) is 5.02 Å². The molecule has 1 fully saturated rings. The Morgan fingerprint density at radius 3 is 2.67 bits per heavy atom. The summed E-state index contributed by atoms with van der Waals surface area (Å²) in [6.45, 7) is 7.48. The molecule has 1 aromatic heterocycles. The first-order valence-corrected chi connectivity index (χ1v) is 8.57. The Bertz CT molecular complexity index is 854. The van der Waals surface area contributed by atoms with Gasteiger partial charge in [0.05, 0.1) is 24.1 Å². The lowest BCUT2D eigenvalue weighted by Crippen LogP contribution is -2.56. The van der Waals surface area contributed by atoms with Gasteiger partial charge in [0.2, 0.25) is 0 Å². The van der Waals surface area contributed by atoms with Crippen molar-refractivity contribution >= 4 is 22.5 Å². The van der Waals surface area contributed by atoms with E-state index in [9.17, 15) is 9.59 Å². The Kier molecular flexibility index (Phi) is 4.80. The molecule has 0 aliphatic carbocycles. The number of hydrogen-bond donors (Lipinski definition) is 1. The van der Waals surface area contributed by atoms with Crippen LogP contribution in [0.15, 0.2) is 27.8 Å². The second kappa shape index (κ2) is 6.70. The zero-order valence-corrected chi connectivity index (χ0v) is 14.7. The first kappa shape index (κ1) is 17.2. The average molecular weight is 352 g/mol. The predicted octanol–water partition coefficient (Wildman–Crippen LogP) is 1.84. The van der Waals surface area contributed by atoms with E-state index in [4.69, 9.17) is 16.3 Å². The molecule has 1 aliphatic heterocycles. The van der Waals surface area contributed by atoms with Gasteiger partial charge in [-0.25, -0.2) is 4.79 Å². The van der Waals surface area contributed by atoms with Crippen molar-refractivity contribution in [2.45, 2.75) is 32.4 Å². The molecule has 0 spiro atoms. The van der Waals surface area contributed by atoms with Crippen molar-refractivity contribution in [3.8, 4) is 0 Å². The maximum Gasteiger partial charge on any atom is 0.328 e. The van der Waals surface area contributed by atoms with Gasteiger partial charge >= 0.3 is 5.69 Å². The van der Waals surface area contributed by atoms with Gasteiger partial charge in [0.1, 0.15) is 0 Å². The molecule has 1 unspecified atom stereocenters. The minimum atomic E-state index is -0.400. The average Bonchev–Trinajstić information content (AvgIpc) is 2.59. The number of benzene rings is 1. The zero-order chi connectivity index (χ0) is 17.3. The Morgan fingerprint density at radius 2 is 2.00 bits per heavy atom. The molecular formula is C17H22ClN3O3. The van der Waals surface area contributed by atoms with Crippen LogP contribution in [-0.2, 0) is 11.3 Å². The summed E-state index contributed by atoms with van der Waals surface area (Å²) in [4.78, 5) is 30.3. The molecule has 1 N–H and O–H groups in total. The largest absolute Gasteiger partial charge is 0.379 e. The first-order valence-electron chi connectivity index (χ1n) is 8.20. The van der Waals surface area contributed by atoms with Crippen LogP contribution in [-0.4, -0.2) is 46.3 Å². The third-order valence-corrected chi connectivity index (χ3v) is 5.21. The molecule has 24 heavy (non-hydrogen) atoms. The highest BCUT2D eigenvalue weighted by molar-refractivity contribution is 6.31. The number of fused-ring (bicyclic) bond motifs is 1. The van der Waals surface area contributed by atoms with Gasteiger partial charge in [0, 0.05) is 30.2 Å². The van der Waals surface area contributed by atoms with E-state index in [1.54, 1.807) is 18.2 Å². The summed E-state index contributed by atoms with van der Waals surface area (Å²) in [6.07, 6.45) is 0.831. The van der Waals surface area contributed by atoms with Crippen molar-refractivity contribution in [2.24, 2.45) is 0 Å². The molecule has 1 atom stereocenters. The van der Waals surface area contributed by atoms with E-state index in [0.29, 0.717) is 35.7 Å². The fraction of sp³-hybridized carbons (Fsp3) is 0.529. The second-order valence-electron chi connectivity index (χ2n) is 6.46. The molecule has 0 amide bonds. The minimum absolute atomic E-state index is 0.277. The molecule has 2 heterocycles. The molecule has 0 bridgehead atoms. The number of halogens is 1. The summed E-state index contributed by atoms with van der Waals surface area (Å²) in [7, 11) is 0. The van der Waals surface area contributed by atoms with E-state index in [2.05, 4.69) is 23.7 Å². The second-order valence-corrected chi connectivity index (χ2v) is 6.90. The predicted molar refractivity (Wildman–Crippen MR) is 94.9 cm³/mol. The molecular weight excluding hydrogens is 330 g/mol. The van der Waals surface area contributed by atoms with Crippen molar-refractivity contribution in [2.75, 3.05) is 26.3 Å². The maximum atomic E-state index is 12.8. The molecule has 2 aromatic rings. The number of aromatic nitrogens is 2. The number of ether oxygens (including phenoxy) is 1. The van der Waals surface area contributed by atoms with E-state index < -0.39 is 5.69 Å². The van der Waals surface area contributed by atoms with Crippen molar-refractivity contribution in [1.82, 2.24) is 14.5 Å². The van der Waals surface area contributed by atoms with Crippen LogP contribution in [0.25, 0.3) is 10.9 Å². The van der Waals surface area contributed by atoms with Gasteiger partial charge in [0.25, 0.3) is 5.56 Å². The van der Waals surface area contributed by atoms with Gasteiger partial charge in [-0.05, 0) is 31.5 Å². The highest BCUT2D eigenvalue weighted by atomic mass is 35.5. The molecule has 7 heteroatoms. The van der Waals surface area contributed by atoms with Crippen LogP contribution in [0, 0.1) is 0 Å². The van der Waals surface area contributed by atoms with Gasteiger partial charge in [-0.1, -0.05) is 18.5 Å². The van der Waals surface area contributed by atoms with Crippen LogP contribution in [0.1, 0.15) is 20.3 Å². The highest BCUT2D eigenvalue weighted by Gasteiger charge is 2.32. The van der Waals surface area contributed by atoms with Gasteiger partial charge in [-0.15, -0.1) is 0 Å². The van der Waals surface area contributed by atoms with Crippen molar-refractivity contribution in [3.63, 3.8) is 0 Å². The SMILES string of the molecule is CCC(C)(Cn1c(=O)[nH]c2cc(Cl)ccc2c1=O)N1CCOCC1. The molecule has 1 aliphatic rings. The Morgan fingerprint density at radius 1 is 1.29 bits per heavy atom. The Balaban J connectivity index is 2.03. The van der Waals surface area contributed by atoms with Crippen molar-refractivity contribution < 1.29 is 4.74 Å². The number of nitrogens with one attached hydrogen (secondary N) is 1. The summed E-state index contributed by atoms with van der Waals surface area (Å²) < 4.78 is 6.72. The molecule has 1 aromatic carbocycles. The summed E-state index contributed by atoms with van der Waals surface area (Å²) in [5.74, 6) is 0. The third kappa shape index (κ3) is 3.14. The summed E-state index contributed by atoms with van der Waals surface area (Å²) in [5.41, 5.74) is -0.486. The summed E-state index contributed by atoms with van der Waals surface area (Å²) in [6, 6.07) is 4.92. The Hall–Kier alpha value is -1.63. The summed E-state index contributed by atoms with van der Waals surface area (Å²) in [5, 5.41) is 0.960. The smallest absolute Gasteiger partial charge is 0.328 e. The third-order valence-electron chi connectivity index (χ3n) is 4.98. The minimum Gasteiger partial charge on any atom is -0.379 e. The van der Waals surface area contributed by atoms with Crippen LogP contribution in [0.5, 0.6) is 0 Å². The van der Waals surface area contributed by atoms with E-state index in [-0.39, 0.29) is 11.1 Å².